The number of amides is 2. The molecule has 1 unspecified atom stereocenters. The number of benzene rings is 2. The van der Waals surface area contributed by atoms with E-state index in [0.717, 1.165) is 62.6 Å². The van der Waals surface area contributed by atoms with Crippen LogP contribution in [-0.2, 0) is 16.1 Å². The van der Waals surface area contributed by atoms with Crippen molar-refractivity contribution in [3.8, 4) is 5.75 Å². The number of hydrogen-bond acceptors (Lipinski definition) is 5. The first-order valence-electron chi connectivity index (χ1n) is 12.2. The molecule has 34 heavy (non-hydrogen) atoms. The van der Waals surface area contributed by atoms with Crippen molar-refractivity contribution < 1.29 is 19.1 Å². The summed E-state index contributed by atoms with van der Waals surface area (Å²) in [6.07, 6.45) is 1.64. The average molecular weight is 466 g/mol. The molecule has 2 amide bonds. The van der Waals surface area contributed by atoms with Gasteiger partial charge in [0.05, 0.1) is 19.1 Å². The van der Waals surface area contributed by atoms with Gasteiger partial charge in [-0.1, -0.05) is 29.8 Å². The van der Waals surface area contributed by atoms with Crippen LogP contribution in [0.1, 0.15) is 34.3 Å². The third kappa shape index (κ3) is 6.81. The molecule has 2 aromatic carbocycles. The molecule has 0 radical (unpaired) electrons. The number of nitrogens with zero attached hydrogens (tertiary/aromatic N) is 2. The van der Waals surface area contributed by atoms with E-state index in [1.165, 1.54) is 0 Å². The number of rotatable bonds is 8. The highest BCUT2D eigenvalue weighted by atomic mass is 16.5. The summed E-state index contributed by atoms with van der Waals surface area (Å²) in [5.74, 6) is 0.628. The van der Waals surface area contributed by atoms with Gasteiger partial charge < -0.3 is 19.7 Å². The number of morpholine rings is 1. The van der Waals surface area contributed by atoms with Crippen molar-refractivity contribution >= 4 is 11.8 Å². The third-order valence-electron chi connectivity index (χ3n) is 6.52. The molecule has 7 heteroatoms. The van der Waals surface area contributed by atoms with Crippen molar-refractivity contribution in [2.45, 2.75) is 26.3 Å². The number of aryl methyl sites for hydroxylation is 1. The Bertz CT molecular complexity index is 957. The van der Waals surface area contributed by atoms with Crippen molar-refractivity contribution in [1.29, 1.82) is 0 Å². The molecule has 182 valence electrons. The summed E-state index contributed by atoms with van der Waals surface area (Å²) in [5, 5.41) is 3.06. The van der Waals surface area contributed by atoms with Crippen LogP contribution < -0.4 is 10.1 Å². The Balaban J connectivity index is 1.24. The lowest BCUT2D eigenvalue weighted by atomic mass is 9.96. The SMILES string of the molecule is Cc1ccc(C(=O)N2CCCC(C(=O)NCc3cccc(OCCN4CCOCC4)c3)C2)cc1. The van der Waals surface area contributed by atoms with E-state index < -0.39 is 0 Å². The lowest BCUT2D eigenvalue weighted by Gasteiger charge is -2.32. The molecule has 0 spiro atoms. The second-order valence-corrected chi connectivity index (χ2v) is 9.12. The van der Waals surface area contributed by atoms with E-state index in [0.29, 0.717) is 31.8 Å². The van der Waals surface area contributed by atoms with E-state index >= 15 is 0 Å². The van der Waals surface area contributed by atoms with Gasteiger partial charge in [-0.15, -0.1) is 0 Å². The molecule has 2 aliphatic rings. The molecule has 0 aliphatic carbocycles. The summed E-state index contributed by atoms with van der Waals surface area (Å²) < 4.78 is 11.3. The molecule has 4 rings (SSSR count). The Morgan fingerprint density at radius 2 is 1.88 bits per heavy atom. The van der Waals surface area contributed by atoms with Crippen LogP contribution in [0.4, 0.5) is 0 Å². The van der Waals surface area contributed by atoms with Gasteiger partial charge in [-0.2, -0.15) is 0 Å². The van der Waals surface area contributed by atoms with E-state index in [2.05, 4.69) is 10.2 Å². The quantitative estimate of drug-likeness (QED) is 0.649. The van der Waals surface area contributed by atoms with Gasteiger partial charge in [0.1, 0.15) is 12.4 Å². The molecule has 1 N–H and O–H groups in total. The number of likely N-dealkylation sites (tertiary alicyclic amines) is 1. The maximum absolute atomic E-state index is 12.9. The number of carbonyl (C=O) groups is 2. The van der Waals surface area contributed by atoms with Crippen molar-refractivity contribution in [2.75, 3.05) is 52.5 Å². The van der Waals surface area contributed by atoms with E-state index in [9.17, 15) is 9.59 Å². The van der Waals surface area contributed by atoms with Gasteiger partial charge in [0.15, 0.2) is 0 Å². The number of hydrogen-bond donors (Lipinski definition) is 1. The standard InChI is InChI=1S/C27H35N3O4/c1-21-7-9-23(10-8-21)27(32)30-11-3-5-24(20-30)26(31)28-19-22-4-2-6-25(18-22)34-17-14-29-12-15-33-16-13-29/h2,4,6-10,18,24H,3,5,11-17,19-20H2,1H3,(H,28,31). The summed E-state index contributed by atoms with van der Waals surface area (Å²) in [5.41, 5.74) is 2.80. The van der Waals surface area contributed by atoms with Gasteiger partial charge in [-0.05, 0) is 49.6 Å². The summed E-state index contributed by atoms with van der Waals surface area (Å²) >= 11 is 0. The predicted molar refractivity (Wildman–Crippen MR) is 131 cm³/mol. The fourth-order valence-electron chi connectivity index (χ4n) is 4.45. The Morgan fingerprint density at radius 1 is 1.09 bits per heavy atom. The van der Waals surface area contributed by atoms with Crippen molar-refractivity contribution in [3.63, 3.8) is 0 Å². The number of carbonyl (C=O) groups excluding carboxylic acids is 2. The number of nitrogens with one attached hydrogen (secondary N) is 1. The molecule has 2 saturated heterocycles. The molecule has 2 fully saturated rings. The molecule has 2 aliphatic heterocycles. The van der Waals surface area contributed by atoms with Gasteiger partial charge >= 0.3 is 0 Å². The topological polar surface area (TPSA) is 71.1 Å². The second kappa shape index (κ2) is 12.0. The summed E-state index contributed by atoms with van der Waals surface area (Å²) in [4.78, 5) is 29.9. The number of ether oxygens (including phenoxy) is 2. The summed E-state index contributed by atoms with van der Waals surface area (Å²) in [6, 6.07) is 15.5. The number of piperidine rings is 1. The highest BCUT2D eigenvalue weighted by Crippen LogP contribution is 2.20. The zero-order valence-electron chi connectivity index (χ0n) is 20.0. The van der Waals surface area contributed by atoms with Crippen molar-refractivity contribution in [3.05, 3.63) is 65.2 Å². The molecule has 0 saturated carbocycles. The molecule has 1 atom stereocenters. The lowest BCUT2D eigenvalue weighted by Crippen LogP contribution is -2.45. The minimum absolute atomic E-state index is 0.0000416. The molecule has 0 aromatic heterocycles. The largest absolute Gasteiger partial charge is 0.492 e. The highest BCUT2D eigenvalue weighted by Gasteiger charge is 2.28. The second-order valence-electron chi connectivity index (χ2n) is 9.12. The maximum Gasteiger partial charge on any atom is 0.253 e. The molecular weight excluding hydrogens is 430 g/mol. The third-order valence-corrected chi connectivity index (χ3v) is 6.52. The normalized spacial score (nSPS) is 19.0. The molecular formula is C27H35N3O4. The Labute approximate surface area is 202 Å². The summed E-state index contributed by atoms with van der Waals surface area (Å²) in [6.45, 7) is 8.58. The monoisotopic (exact) mass is 465 g/mol. The average Bonchev–Trinajstić information content (AvgIpc) is 2.88. The first-order chi connectivity index (χ1) is 16.6. The van der Waals surface area contributed by atoms with Crippen molar-refractivity contribution in [1.82, 2.24) is 15.1 Å². The smallest absolute Gasteiger partial charge is 0.253 e. The van der Waals surface area contributed by atoms with Gasteiger partial charge in [0, 0.05) is 44.8 Å². The fourth-order valence-corrected chi connectivity index (χ4v) is 4.45. The van der Waals surface area contributed by atoms with Crippen LogP contribution in [0.2, 0.25) is 0 Å². The summed E-state index contributed by atoms with van der Waals surface area (Å²) in [7, 11) is 0. The Hall–Kier alpha value is -2.90. The molecule has 2 heterocycles. The van der Waals surface area contributed by atoms with E-state index in [4.69, 9.17) is 9.47 Å². The Morgan fingerprint density at radius 3 is 2.68 bits per heavy atom. The van der Waals surface area contributed by atoms with Crippen molar-refractivity contribution in [2.24, 2.45) is 5.92 Å². The molecule has 2 aromatic rings. The minimum Gasteiger partial charge on any atom is -0.492 e. The fraction of sp³-hybridized carbons (Fsp3) is 0.481. The van der Waals surface area contributed by atoms with Crippen LogP contribution in [0.25, 0.3) is 0 Å². The predicted octanol–water partition coefficient (Wildman–Crippen LogP) is 2.87. The van der Waals surface area contributed by atoms with Crippen LogP contribution in [-0.4, -0.2) is 74.2 Å². The first-order valence-corrected chi connectivity index (χ1v) is 12.2. The molecule has 0 bridgehead atoms. The van der Waals surface area contributed by atoms with Gasteiger partial charge in [0.25, 0.3) is 5.91 Å². The van der Waals surface area contributed by atoms with Crippen LogP contribution in [0.15, 0.2) is 48.5 Å². The molecule has 7 nitrogen and oxygen atoms in total. The van der Waals surface area contributed by atoms with Crippen LogP contribution in [0.5, 0.6) is 5.75 Å². The van der Waals surface area contributed by atoms with Crippen LogP contribution >= 0.6 is 0 Å². The first kappa shape index (κ1) is 24.2. The van der Waals surface area contributed by atoms with Crippen LogP contribution in [0.3, 0.4) is 0 Å². The van der Waals surface area contributed by atoms with Crippen LogP contribution in [0, 0.1) is 12.8 Å². The zero-order chi connectivity index (χ0) is 23.8. The van der Waals surface area contributed by atoms with E-state index in [-0.39, 0.29) is 17.7 Å². The highest BCUT2D eigenvalue weighted by molar-refractivity contribution is 5.94. The van der Waals surface area contributed by atoms with Gasteiger partial charge in [-0.3, -0.25) is 14.5 Å². The van der Waals surface area contributed by atoms with E-state index in [1.54, 1.807) is 4.90 Å². The lowest BCUT2D eigenvalue weighted by molar-refractivity contribution is -0.126. The van der Waals surface area contributed by atoms with Gasteiger partial charge in [0.2, 0.25) is 5.91 Å². The zero-order valence-corrected chi connectivity index (χ0v) is 20.0. The Kier molecular flexibility index (Phi) is 8.55. The van der Waals surface area contributed by atoms with Gasteiger partial charge in [-0.25, -0.2) is 0 Å². The van der Waals surface area contributed by atoms with E-state index in [1.807, 2.05) is 55.5 Å². The maximum atomic E-state index is 12.9. The minimum atomic E-state index is -0.184.